The topological polar surface area (TPSA) is 63.2 Å². The molecule has 0 heterocycles. The molecular formula is C16H23NO3S. The van der Waals surface area contributed by atoms with E-state index in [1.54, 1.807) is 0 Å². The van der Waals surface area contributed by atoms with E-state index in [4.69, 9.17) is 0 Å². The Morgan fingerprint density at radius 1 is 1.24 bits per heavy atom. The summed E-state index contributed by atoms with van der Waals surface area (Å²) < 4.78 is 26.1. The van der Waals surface area contributed by atoms with E-state index in [2.05, 4.69) is 4.72 Å². The van der Waals surface area contributed by atoms with Crippen LogP contribution in [0.2, 0.25) is 0 Å². The lowest BCUT2D eigenvalue weighted by molar-refractivity contribution is -0.124. The van der Waals surface area contributed by atoms with Crippen molar-refractivity contribution in [2.45, 2.75) is 33.1 Å². The third kappa shape index (κ3) is 5.16. The molecule has 1 N–H and O–H groups in total. The lowest BCUT2D eigenvalue weighted by Gasteiger charge is -2.20. The second-order valence-corrected chi connectivity index (χ2v) is 8.00. The zero-order valence-electron chi connectivity index (χ0n) is 12.6. The van der Waals surface area contributed by atoms with Crippen molar-refractivity contribution in [2.24, 2.45) is 17.8 Å². The van der Waals surface area contributed by atoms with Crippen molar-refractivity contribution < 1.29 is 13.2 Å². The summed E-state index contributed by atoms with van der Waals surface area (Å²) in [5.41, 5.74) is 1.05. The first kappa shape index (κ1) is 16.0. The van der Waals surface area contributed by atoms with Gasteiger partial charge in [-0.3, -0.25) is 9.52 Å². The van der Waals surface area contributed by atoms with Gasteiger partial charge in [-0.25, -0.2) is 8.42 Å². The second-order valence-electron chi connectivity index (χ2n) is 6.23. The van der Waals surface area contributed by atoms with Gasteiger partial charge in [-0.15, -0.1) is 0 Å². The molecule has 1 atom stereocenters. The van der Waals surface area contributed by atoms with Gasteiger partial charge in [0.25, 0.3) is 0 Å². The van der Waals surface area contributed by atoms with Crippen molar-refractivity contribution in [3.05, 3.63) is 35.9 Å². The zero-order valence-corrected chi connectivity index (χ0v) is 13.4. The molecule has 1 aromatic rings. The SMILES string of the molecule is CC(C)[C@H](Cc1ccccc1)C(=O)NS(=O)(=O)CC1CC1. The maximum atomic E-state index is 12.3. The fourth-order valence-corrected chi connectivity index (χ4v) is 3.86. The number of carbonyl (C=O) groups is 1. The number of benzene rings is 1. The molecule has 0 bridgehead atoms. The van der Waals surface area contributed by atoms with Crippen LogP contribution in [-0.4, -0.2) is 20.1 Å². The number of hydrogen-bond donors (Lipinski definition) is 1. The van der Waals surface area contributed by atoms with Crippen molar-refractivity contribution in [3.63, 3.8) is 0 Å². The van der Waals surface area contributed by atoms with Crippen LogP contribution in [0.4, 0.5) is 0 Å². The minimum absolute atomic E-state index is 0.0783. The Morgan fingerprint density at radius 2 is 1.86 bits per heavy atom. The molecule has 5 heteroatoms. The summed E-state index contributed by atoms with van der Waals surface area (Å²) in [4.78, 5) is 12.3. The molecule has 2 rings (SSSR count). The molecule has 1 saturated carbocycles. The molecular weight excluding hydrogens is 286 g/mol. The van der Waals surface area contributed by atoms with E-state index < -0.39 is 10.0 Å². The predicted molar refractivity (Wildman–Crippen MR) is 83.1 cm³/mol. The number of sulfonamides is 1. The maximum Gasteiger partial charge on any atom is 0.237 e. The molecule has 1 aromatic carbocycles. The number of amides is 1. The van der Waals surface area contributed by atoms with Crippen molar-refractivity contribution in [2.75, 3.05) is 5.75 Å². The van der Waals surface area contributed by atoms with E-state index in [0.29, 0.717) is 6.42 Å². The van der Waals surface area contributed by atoms with Gasteiger partial charge in [-0.1, -0.05) is 44.2 Å². The normalized spacial score (nSPS) is 16.7. The van der Waals surface area contributed by atoms with Gasteiger partial charge < -0.3 is 0 Å². The zero-order chi connectivity index (χ0) is 15.5. The van der Waals surface area contributed by atoms with Crippen molar-refractivity contribution >= 4 is 15.9 Å². The first-order chi connectivity index (χ1) is 9.87. The minimum Gasteiger partial charge on any atom is -0.274 e. The van der Waals surface area contributed by atoms with Crippen LogP contribution in [0.25, 0.3) is 0 Å². The molecule has 0 spiro atoms. The van der Waals surface area contributed by atoms with Crippen LogP contribution in [0.1, 0.15) is 32.3 Å². The molecule has 0 aromatic heterocycles. The van der Waals surface area contributed by atoms with E-state index in [9.17, 15) is 13.2 Å². The average molecular weight is 309 g/mol. The first-order valence-corrected chi connectivity index (χ1v) is 9.11. The van der Waals surface area contributed by atoms with E-state index >= 15 is 0 Å². The van der Waals surface area contributed by atoms with Gasteiger partial charge in [-0.2, -0.15) is 0 Å². The maximum absolute atomic E-state index is 12.3. The molecule has 0 saturated heterocycles. The monoisotopic (exact) mass is 309 g/mol. The third-order valence-electron chi connectivity index (χ3n) is 3.85. The van der Waals surface area contributed by atoms with Crippen LogP contribution in [-0.2, 0) is 21.2 Å². The molecule has 1 aliphatic carbocycles. The van der Waals surface area contributed by atoms with Gasteiger partial charge in [0, 0.05) is 5.92 Å². The number of carbonyl (C=O) groups excluding carboxylic acids is 1. The van der Waals surface area contributed by atoms with Crippen molar-refractivity contribution in [1.29, 1.82) is 0 Å². The highest BCUT2D eigenvalue weighted by Crippen LogP contribution is 2.30. The summed E-state index contributed by atoms with van der Waals surface area (Å²) in [5.74, 6) is -0.311. The predicted octanol–water partition coefficient (Wildman–Crippen LogP) is 2.36. The Labute approximate surface area is 127 Å². The van der Waals surface area contributed by atoms with E-state index in [1.165, 1.54) is 0 Å². The van der Waals surface area contributed by atoms with Crippen LogP contribution in [0, 0.1) is 17.8 Å². The summed E-state index contributed by atoms with van der Waals surface area (Å²) >= 11 is 0. The molecule has 4 nitrogen and oxygen atoms in total. The van der Waals surface area contributed by atoms with Crippen molar-refractivity contribution in [3.8, 4) is 0 Å². The Morgan fingerprint density at radius 3 is 2.38 bits per heavy atom. The highest BCUT2D eigenvalue weighted by Gasteiger charge is 2.31. The minimum atomic E-state index is -3.49. The largest absolute Gasteiger partial charge is 0.274 e. The van der Waals surface area contributed by atoms with Gasteiger partial charge in [0.05, 0.1) is 5.75 Å². The molecule has 0 aliphatic heterocycles. The second kappa shape index (κ2) is 6.60. The van der Waals surface area contributed by atoms with Crippen LogP contribution >= 0.6 is 0 Å². The highest BCUT2D eigenvalue weighted by atomic mass is 32.2. The standard InChI is InChI=1S/C16H23NO3S/c1-12(2)15(10-13-6-4-3-5-7-13)16(18)17-21(19,20)11-14-8-9-14/h3-7,12,14-15H,8-11H2,1-2H3,(H,17,18)/t15-/m0/s1. The van der Waals surface area contributed by atoms with E-state index in [-0.39, 0.29) is 29.4 Å². The fourth-order valence-electron chi connectivity index (χ4n) is 2.36. The van der Waals surface area contributed by atoms with E-state index in [1.807, 2.05) is 44.2 Å². The quantitative estimate of drug-likeness (QED) is 0.841. The molecule has 1 aliphatic rings. The van der Waals surface area contributed by atoms with Gasteiger partial charge in [-0.05, 0) is 36.7 Å². The smallest absolute Gasteiger partial charge is 0.237 e. The molecule has 1 amide bonds. The third-order valence-corrected chi connectivity index (χ3v) is 5.27. The molecule has 21 heavy (non-hydrogen) atoms. The van der Waals surface area contributed by atoms with Crippen LogP contribution in [0.3, 0.4) is 0 Å². The summed E-state index contributed by atoms with van der Waals surface area (Å²) in [6.45, 7) is 3.89. The number of hydrogen-bond acceptors (Lipinski definition) is 3. The molecule has 0 unspecified atom stereocenters. The molecule has 1 fully saturated rings. The average Bonchev–Trinajstić information content (AvgIpc) is 3.19. The lowest BCUT2D eigenvalue weighted by atomic mass is 9.89. The Kier molecular flexibility index (Phi) is 5.04. The number of rotatable bonds is 7. The van der Waals surface area contributed by atoms with Crippen LogP contribution in [0.5, 0.6) is 0 Å². The Bertz CT molecular complexity index is 577. The summed E-state index contributed by atoms with van der Waals surface area (Å²) in [7, 11) is -3.49. The molecule has 0 radical (unpaired) electrons. The van der Waals surface area contributed by atoms with Gasteiger partial charge in [0.15, 0.2) is 0 Å². The summed E-state index contributed by atoms with van der Waals surface area (Å²) in [6.07, 6.45) is 2.46. The number of nitrogens with one attached hydrogen (secondary N) is 1. The van der Waals surface area contributed by atoms with Crippen LogP contribution < -0.4 is 4.72 Å². The summed E-state index contributed by atoms with van der Waals surface area (Å²) in [6, 6.07) is 9.69. The highest BCUT2D eigenvalue weighted by molar-refractivity contribution is 7.90. The van der Waals surface area contributed by atoms with E-state index in [0.717, 1.165) is 18.4 Å². The lowest BCUT2D eigenvalue weighted by Crippen LogP contribution is -2.40. The fraction of sp³-hybridized carbons (Fsp3) is 0.562. The van der Waals surface area contributed by atoms with Gasteiger partial charge in [0.1, 0.15) is 0 Å². The Balaban J connectivity index is 2.01. The molecule has 116 valence electrons. The first-order valence-electron chi connectivity index (χ1n) is 7.45. The van der Waals surface area contributed by atoms with Gasteiger partial charge >= 0.3 is 0 Å². The van der Waals surface area contributed by atoms with Crippen molar-refractivity contribution in [1.82, 2.24) is 4.72 Å². The van der Waals surface area contributed by atoms with Gasteiger partial charge in [0.2, 0.25) is 15.9 Å². The Hall–Kier alpha value is -1.36. The van der Waals surface area contributed by atoms with Crippen LogP contribution in [0.15, 0.2) is 30.3 Å². The summed E-state index contributed by atoms with van der Waals surface area (Å²) in [5, 5.41) is 0.